The third-order valence-electron chi connectivity index (χ3n) is 3.95. The van der Waals surface area contributed by atoms with E-state index in [0.29, 0.717) is 5.92 Å². The first-order valence-electron chi connectivity index (χ1n) is 7.11. The first kappa shape index (κ1) is 15.7. The molecule has 1 aromatic carbocycles. The average Bonchev–Trinajstić information content (AvgIpc) is 2.47. The van der Waals surface area contributed by atoms with E-state index < -0.39 is 24.2 Å². The summed E-state index contributed by atoms with van der Waals surface area (Å²) in [6.07, 6.45) is -0.229. The average molecular weight is 298 g/mol. The Hall–Kier alpha value is -1.65. The minimum Gasteiger partial charge on any atom is -0.294 e. The fourth-order valence-electron chi connectivity index (χ4n) is 2.73. The van der Waals surface area contributed by atoms with Crippen molar-refractivity contribution in [3.05, 3.63) is 35.4 Å². The van der Waals surface area contributed by atoms with Gasteiger partial charge in [-0.15, -0.1) is 0 Å². The molecule has 0 radical (unpaired) electrons. The summed E-state index contributed by atoms with van der Waals surface area (Å²) in [6, 6.07) is 6.63. The standard InChI is InChI=1S/C16H17F3O2/c17-16(18,19)15(21)10-14(20)13-8-6-12(7-9-13)11-4-2-1-3-5-11/h6-9,11H,1-5,10H2. The van der Waals surface area contributed by atoms with E-state index in [4.69, 9.17) is 0 Å². The highest BCUT2D eigenvalue weighted by Gasteiger charge is 2.39. The molecule has 2 rings (SSSR count). The Morgan fingerprint density at radius 3 is 2.10 bits per heavy atom. The van der Waals surface area contributed by atoms with Crippen LogP contribution in [-0.2, 0) is 4.79 Å². The molecule has 0 aliphatic heterocycles. The SMILES string of the molecule is O=C(CC(=O)C(F)(F)F)c1ccc(C2CCCCC2)cc1. The van der Waals surface area contributed by atoms with E-state index in [1.54, 1.807) is 12.1 Å². The van der Waals surface area contributed by atoms with Gasteiger partial charge in [0, 0.05) is 5.56 Å². The van der Waals surface area contributed by atoms with Gasteiger partial charge in [-0.25, -0.2) is 0 Å². The largest absolute Gasteiger partial charge is 0.450 e. The molecule has 0 N–H and O–H groups in total. The van der Waals surface area contributed by atoms with Gasteiger partial charge in [0.05, 0.1) is 6.42 Å². The van der Waals surface area contributed by atoms with Crippen LogP contribution in [-0.4, -0.2) is 17.7 Å². The maximum Gasteiger partial charge on any atom is 0.450 e. The maximum atomic E-state index is 12.1. The van der Waals surface area contributed by atoms with Gasteiger partial charge in [0.1, 0.15) is 0 Å². The Kier molecular flexibility index (Phi) is 4.80. The van der Waals surface area contributed by atoms with Crippen molar-refractivity contribution in [1.82, 2.24) is 0 Å². The van der Waals surface area contributed by atoms with Crippen LogP contribution in [0.3, 0.4) is 0 Å². The number of rotatable bonds is 4. The molecule has 21 heavy (non-hydrogen) atoms. The molecule has 114 valence electrons. The molecule has 1 fully saturated rings. The van der Waals surface area contributed by atoms with Crippen LogP contribution >= 0.6 is 0 Å². The molecule has 0 unspecified atom stereocenters. The quantitative estimate of drug-likeness (QED) is 0.608. The molecule has 0 amide bonds. The Labute approximate surface area is 121 Å². The van der Waals surface area contributed by atoms with E-state index in [1.807, 2.05) is 0 Å². The molecule has 2 nitrogen and oxygen atoms in total. The lowest BCUT2D eigenvalue weighted by Gasteiger charge is -2.22. The van der Waals surface area contributed by atoms with Gasteiger partial charge in [0.15, 0.2) is 5.78 Å². The third kappa shape index (κ3) is 4.16. The van der Waals surface area contributed by atoms with Crippen molar-refractivity contribution in [2.24, 2.45) is 0 Å². The second-order valence-corrected chi connectivity index (χ2v) is 5.48. The number of carbonyl (C=O) groups is 2. The summed E-state index contributed by atoms with van der Waals surface area (Å²) < 4.78 is 36.4. The number of alkyl halides is 3. The Bertz CT molecular complexity index is 511. The van der Waals surface area contributed by atoms with Crippen molar-refractivity contribution in [2.45, 2.75) is 50.6 Å². The fraction of sp³-hybridized carbons (Fsp3) is 0.500. The van der Waals surface area contributed by atoms with E-state index in [0.717, 1.165) is 18.4 Å². The third-order valence-corrected chi connectivity index (χ3v) is 3.95. The molecule has 1 aliphatic carbocycles. The van der Waals surface area contributed by atoms with Crippen LogP contribution in [0.1, 0.15) is 60.4 Å². The van der Waals surface area contributed by atoms with Crippen LogP contribution < -0.4 is 0 Å². The van der Waals surface area contributed by atoms with Crippen molar-refractivity contribution in [1.29, 1.82) is 0 Å². The highest BCUT2D eigenvalue weighted by molar-refractivity contribution is 6.09. The molecule has 5 heteroatoms. The van der Waals surface area contributed by atoms with Crippen LogP contribution in [0.2, 0.25) is 0 Å². The van der Waals surface area contributed by atoms with Crippen LogP contribution in [0, 0.1) is 0 Å². The van der Waals surface area contributed by atoms with Crippen molar-refractivity contribution in [2.75, 3.05) is 0 Å². The van der Waals surface area contributed by atoms with Crippen molar-refractivity contribution in [3.63, 3.8) is 0 Å². The molecule has 0 spiro atoms. The Morgan fingerprint density at radius 2 is 1.57 bits per heavy atom. The molecule has 1 aromatic rings. The smallest absolute Gasteiger partial charge is 0.294 e. The normalized spacial score (nSPS) is 16.7. The molecule has 0 bridgehead atoms. The molecule has 0 heterocycles. The van der Waals surface area contributed by atoms with Gasteiger partial charge < -0.3 is 0 Å². The second-order valence-electron chi connectivity index (χ2n) is 5.48. The number of halogens is 3. The Balaban J connectivity index is 2.01. The lowest BCUT2D eigenvalue weighted by molar-refractivity contribution is -0.170. The van der Waals surface area contributed by atoms with Crippen LogP contribution in [0.5, 0.6) is 0 Å². The molecule has 1 aliphatic rings. The van der Waals surface area contributed by atoms with Crippen molar-refractivity contribution >= 4 is 11.6 Å². The summed E-state index contributed by atoms with van der Waals surface area (Å²) >= 11 is 0. The monoisotopic (exact) mass is 298 g/mol. The minimum atomic E-state index is -4.95. The van der Waals surface area contributed by atoms with Gasteiger partial charge in [0.25, 0.3) is 0 Å². The summed E-state index contributed by atoms with van der Waals surface area (Å²) in [7, 11) is 0. The molecule has 0 aromatic heterocycles. The summed E-state index contributed by atoms with van der Waals surface area (Å²) in [5, 5.41) is 0. The molecular weight excluding hydrogens is 281 g/mol. The van der Waals surface area contributed by atoms with Gasteiger partial charge in [-0.1, -0.05) is 43.5 Å². The Morgan fingerprint density at radius 1 is 1.00 bits per heavy atom. The number of Topliss-reactive ketones (excluding diaryl/α,β-unsaturated/α-hetero) is 2. The molecular formula is C16H17F3O2. The van der Waals surface area contributed by atoms with Crippen molar-refractivity contribution < 1.29 is 22.8 Å². The highest BCUT2D eigenvalue weighted by atomic mass is 19.4. The topological polar surface area (TPSA) is 34.1 Å². The zero-order valence-electron chi connectivity index (χ0n) is 11.6. The van der Waals surface area contributed by atoms with Crippen LogP contribution in [0.25, 0.3) is 0 Å². The zero-order valence-corrected chi connectivity index (χ0v) is 11.6. The van der Waals surface area contributed by atoms with Crippen molar-refractivity contribution in [3.8, 4) is 0 Å². The molecule has 0 saturated heterocycles. The maximum absolute atomic E-state index is 12.1. The highest BCUT2D eigenvalue weighted by Crippen LogP contribution is 2.32. The van der Waals surface area contributed by atoms with E-state index in [9.17, 15) is 22.8 Å². The van der Waals surface area contributed by atoms with Gasteiger partial charge in [-0.3, -0.25) is 9.59 Å². The van der Waals surface area contributed by atoms with E-state index in [1.165, 1.54) is 31.4 Å². The summed E-state index contributed by atoms with van der Waals surface area (Å²) in [5.41, 5.74) is 1.28. The van der Waals surface area contributed by atoms with Gasteiger partial charge >= 0.3 is 6.18 Å². The lowest BCUT2D eigenvalue weighted by atomic mass is 9.84. The van der Waals surface area contributed by atoms with Crippen LogP contribution in [0.15, 0.2) is 24.3 Å². The zero-order chi connectivity index (χ0) is 15.5. The lowest BCUT2D eigenvalue weighted by Crippen LogP contribution is -2.25. The molecule has 0 atom stereocenters. The van der Waals surface area contributed by atoms with Gasteiger partial charge in [-0.05, 0) is 24.3 Å². The summed E-state index contributed by atoms with van der Waals surface area (Å²) in [6.45, 7) is 0. The summed E-state index contributed by atoms with van der Waals surface area (Å²) in [4.78, 5) is 22.5. The van der Waals surface area contributed by atoms with E-state index in [2.05, 4.69) is 0 Å². The second kappa shape index (κ2) is 6.41. The minimum absolute atomic E-state index is 0.159. The van der Waals surface area contributed by atoms with Gasteiger partial charge in [0.2, 0.25) is 5.78 Å². The van der Waals surface area contributed by atoms with E-state index in [-0.39, 0.29) is 5.56 Å². The fourth-order valence-corrected chi connectivity index (χ4v) is 2.73. The first-order valence-corrected chi connectivity index (χ1v) is 7.11. The predicted molar refractivity (Wildman–Crippen MR) is 72.3 cm³/mol. The number of hydrogen-bond acceptors (Lipinski definition) is 2. The summed E-state index contributed by atoms with van der Waals surface area (Å²) in [5.74, 6) is -2.31. The number of hydrogen-bond donors (Lipinski definition) is 0. The first-order chi connectivity index (χ1) is 9.88. The predicted octanol–water partition coefficient (Wildman–Crippen LogP) is 4.44. The van der Waals surface area contributed by atoms with Crippen LogP contribution in [0.4, 0.5) is 13.2 Å². The number of carbonyl (C=O) groups excluding carboxylic acids is 2. The number of ketones is 2. The van der Waals surface area contributed by atoms with Gasteiger partial charge in [-0.2, -0.15) is 13.2 Å². The van der Waals surface area contributed by atoms with E-state index >= 15 is 0 Å². The number of benzene rings is 1. The molecule has 1 saturated carbocycles.